The second kappa shape index (κ2) is 5.32. The van der Waals surface area contributed by atoms with Crippen molar-refractivity contribution in [2.45, 2.75) is 40.0 Å². The summed E-state index contributed by atoms with van der Waals surface area (Å²) in [4.78, 5) is 14.1. The van der Waals surface area contributed by atoms with Gasteiger partial charge in [0.15, 0.2) is 0 Å². The van der Waals surface area contributed by atoms with E-state index in [1.54, 1.807) is 17.0 Å². The van der Waals surface area contributed by atoms with Gasteiger partial charge in [-0.2, -0.15) is 0 Å². The molecule has 0 aliphatic carbocycles. The number of hydrogen-bond acceptors (Lipinski definition) is 1. The monoisotopic (exact) mass is 263 g/mol. The van der Waals surface area contributed by atoms with E-state index in [9.17, 15) is 9.18 Å². The molecule has 1 aromatic carbocycles. The smallest absolute Gasteiger partial charge is 0.256 e. The second-order valence-corrected chi connectivity index (χ2v) is 5.94. The zero-order valence-electron chi connectivity index (χ0n) is 12.0. The van der Waals surface area contributed by atoms with Crippen molar-refractivity contribution >= 4 is 5.91 Å². The molecule has 1 aromatic rings. The SMILES string of the molecule is CCC1(C)CCN(C(=O)c2cc(C)ccc2F)CC1. The number of nitrogens with zero attached hydrogens (tertiary/aromatic N) is 1. The fourth-order valence-corrected chi connectivity index (χ4v) is 2.58. The van der Waals surface area contributed by atoms with Crippen LogP contribution in [0.1, 0.15) is 49.0 Å². The maximum Gasteiger partial charge on any atom is 0.256 e. The third-order valence-electron chi connectivity index (χ3n) is 4.46. The predicted octanol–water partition coefficient (Wildman–Crippen LogP) is 3.79. The fourth-order valence-electron chi connectivity index (χ4n) is 2.58. The number of hydrogen-bond donors (Lipinski definition) is 0. The molecule has 0 unspecified atom stereocenters. The molecular weight excluding hydrogens is 241 g/mol. The van der Waals surface area contributed by atoms with Crippen LogP contribution in [0.2, 0.25) is 0 Å². The van der Waals surface area contributed by atoms with Gasteiger partial charge in [0.1, 0.15) is 5.82 Å². The van der Waals surface area contributed by atoms with E-state index in [1.807, 2.05) is 6.92 Å². The van der Waals surface area contributed by atoms with E-state index in [0.29, 0.717) is 5.41 Å². The standard InChI is InChI=1S/C16H22FNO/c1-4-16(3)7-9-18(10-8-16)15(19)13-11-12(2)5-6-14(13)17/h5-6,11H,4,7-10H2,1-3H3. The molecule has 0 bridgehead atoms. The number of carbonyl (C=O) groups excluding carboxylic acids is 1. The molecule has 0 N–H and O–H groups in total. The van der Waals surface area contributed by atoms with Crippen LogP contribution in [0, 0.1) is 18.2 Å². The second-order valence-electron chi connectivity index (χ2n) is 5.94. The Balaban J connectivity index is 2.11. The maximum atomic E-state index is 13.7. The van der Waals surface area contributed by atoms with Crippen molar-refractivity contribution in [1.29, 1.82) is 0 Å². The molecule has 104 valence electrons. The minimum atomic E-state index is -0.417. The van der Waals surface area contributed by atoms with E-state index in [0.717, 1.165) is 37.9 Å². The molecule has 2 rings (SSSR count). The summed E-state index contributed by atoms with van der Waals surface area (Å²) in [6.45, 7) is 7.80. The Bertz CT molecular complexity index is 476. The van der Waals surface area contributed by atoms with E-state index < -0.39 is 5.82 Å². The van der Waals surface area contributed by atoms with E-state index in [-0.39, 0.29) is 11.5 Å². The Labute approximate surface area is 114 Å². The van der Waals surface area contributed by atoms with Crippen LogP contribution in [0.5, 0.6) is 0 Å². The van der Waals surface area contributed by atoms with Crippen LogP contribution >= 0.6 is 0 Å². The molecule has 0 saturated carbocycles. The summed E-state index contributed by atoms with van der Waals surface area (Å²) in [5.41, 5.74) is 1.46. The topological polar surface area (TPSA) is 20.3 Å². The van der Waals surface area contributed by atoms with Crippen molar-refractivity contribution in [3.8, 4) is 0 Å². The average molecular weight is 263 g/mol. The first-order valence-corrected chi connectivity index (χ1v) is 7.00. The summed E-state index contributed by atoms with van der Waals surface area (Å²) in [6, 6.07) is 4.71. The van der Waals surface area contributed by atoms with E-state index >= 15 is 0 Å². The van der Waals surface area contributed by atoms with Gasteiger partial charge in [0.25, 0.3) is 5.91 Å². The molecule has 1 amide bonds. The van der Waals surface area contributed by atoms with Gasteiger partial charge in [-0.1, -0.05) is 31.9 Å². The summed E-state index contributed by atoms with van der Waals surface area (Å²) in [5.74, 6) is -0.584. The molecule has 19 heavy (non-hydrogen) atoms. The number of rotatable bonds is 2. The molecule has 0 radical (unpaired) electrons. The molecule has 1 saturated heterocycles. The quantitative estimate of drug-likeness (QED) is 0.795. The highest BCUT2D eigenvalue weighted by atomic mass is 19.1. The molecule has 1 aliphatic heterocycles. The first kappa shape index (κ1) is 14.0. The van der Waals surface area contributed by atoms with E-state index in [4.69, 9.17) is 0 Å². The van der Waals surface area contributed by atoms with Crippen LogP contribution in [0.25, 0.3) is 0 Å². The molecule has 3 heteroatoms. The molecular formula is C16H22FNO. The lowest BCUT2D eigenvalue weighted by Gasteiger charge is -2.39. The Morgan fingerprint density at radius 3 is 2.58 bits per heavy atom. The molecule has 0 spiro atoms. The molecule has 0 aromatic heterocycles. The third-order valence-corrected chi connectivity index (χ3v) is 4.46. The number of carbonyl (C=O) groups is 1. The van der Waals surface area contributed by atoms with Gasteiger partial charge in [-0.25, -0.2) is 4.39 Å². The predicted molar refractivity (Wildman–Crippen MR) is 74.7 cm³/mol. The number of likely N-dealkylation sites (tertiary alicyclic amines) is 1. The average Bonchev–Trinajstić information content (AvgIpc) is 2.42. The van der Waals surface area contributed by atoms with Gasteiger partial charge in [0, 0.05) is 13.1 Å². The van der Waals surface area contributed by atoms with Gasteiger partial charge < -0.3 is 4.90 Å². The highest BCUT2D eigenvalue weighted by molar-refractivity contribution is 5.94. The number of amides is 1. The summed E-state index contributed by atoms with van der Waals surface area (Å²) in [7, 11) is 0. The zero-order chi connectivity index (χ0) is 14.0. The number of piperidine rings is 1. The van der Waals surface area contributed by atoms with Crippen molar-refractivity contribution in [2.75, 3.05) is 13.1 Å². The van der Waals surface area contributed by atoms with Crippen LogP contribution in [0.15, 0.2) is 18.2 Å². The lowest BCUT2D eigenvalue weighted by molar-refractivity contribution is 0.0596. The number of halogens is 1. The largest absolute Gasteiger partial charge is 0.339 e. The highest BCUT2D eigenvalue weighted by Crippen LogP contribution is 2.34. The molecule has 2 nitrogen and oxygen atoms in total. The van der Waals surface area contributed by atoms with Crippen molar-refractivity contribution in [1.82, 2.24) is 4.90 Å². The summed E-state index contributed by atoms with van der Waals surface area (Å²) in [6.07, 6.45) is 3.14. The Kier molecular flexibility index (Phi) is 3.93. The fraction of sp³-hybridized carbons (Fsp3) is 0.562. The van der Waals surface area contributed by atoms with Crippen LogP contribution in [0.3, 0.4) is 0 Å². The van der Waals surface area contributed by atoms with Gasteiger partial charge in [0.05, 0.1) is 5.56 Å². The minimum Gasteiger partial charge on any atom is -0.339 e. The zero-order valence-corrected chi connectivity index (χ0v) is 12.0. The van der Waals surface area contributed by atoms with E-state index in [1.165, 1.54) is 6.07 Å². The summed E-state index contributed by atoms with van der Waals surface area (Å²) < 4.78 is 13.7. The molecule has 1 aliphatic rings. The van der Waals surface area contributed by atoms with Crippen LogP contribution < -0.4 is 0 Å². The van der Waals surface area contributed by atoms with Gasteiger partial charge in [0.2, 0.25) is 0 Å². The molecule has 1 fully saturated rings. The lowest BCUT2D eigenvalue weighted by atomic mass is 9.78. The Morgan fingerprint density at radius 1 is 1.37 bits per heavy atom. The van der Waals surface area contributed by atoms with Crippen LogP contribution in [-0.4, -0.2) is 23.9 Å². The van der Waals surface area contributed by atoms with Gasteiger partial charge >= 0.3 is 0 Å². The number of aryl methyl sites for hydroxylation is 1. The summed E-state index contributed by atoms with van der Waals surface area (Å²) >= 11 is 0. The van der Waals surface area contributed by atoms with E-state index in [2.05, 4.69) is 13.8 Å². The van der Waals surface area contributed by atoms with Crippen molar-refractivity contribution in [3.63, 3.8) is 0 Å². The maximum absolute atomic E-state index is 13.7. The molecule has 0 atom stereocenters. The highest BCUT2D eigenvalue weighted by Gasteiger charge is 2.31. The van der Waals surface area contributed by atoms with Gasteiger partial charge in [-0.05, 0) is 37.3 Å². The van der Waals surface area contributed by atoms with Crippen molar-refractivity contribution in [3.05, 3.63) is 35.1 Å². The van der Waals surface area contributed by atoms with Crippen LogP contribution in [0.4, 0.5) is 4.39 Å². The van der Waals surface area contributed by atoms with Gasteiger partial charge in [-0.3, -0.25) is 4.79 Å². The van der Waals surface area contributed by atoms with Crippen molar-refractivity contribution in [2.24, 2.45) is 5.41 Å². The normalized spacial score (nSPS) is 18.4. The Hall–Kier alpha value is -1.38. The van der Waals surface area contributed by atoms with Gasteiger partial charge in [-0.15, -0.1) is 0 Å². The Morgan fingerprint density at radius 2 is 2.00 bits per heavy atom. The number of benzene rings is 1. The first-order chi connectivity index (χ1) is 8.95. The third kappa shape index (κ3) is 2.96. The summed E-state index contributed by atoms with van der Waals surface area (Å²) in [5, 5.41) is 0. The minimum absolute atomic E-state index is 0.167. The molecule has 1 heterocycles. The van der Waals surface area contributed by atoms with Crippen molar-refractivity contribution < 1.29 is 9.18 Å². The lowest BCUT2D eigenvalue weighted by Crippen LogP contribution is -2.42. The first-order valence-electron chi connectivity index (χ1n) is 7.00. The van der Waals surface area contributed by atoms with Crippen LogP contribution in [-0.2, 0) is 0 Å².